The quantitative estimate of drug-likeness (QED) is 0.745. The van der Waals surface area contributed by atoms with E-state index in [0.29, 0.717) is 25.4 Å². The molecule has 1 aromatic carbocycles. The standard InChI is InChI=1S/C18H24N2O4/c1-3-16(21)20-15-6-4-14(5-7-15)12-17(22)19-13-18(23-2)8-10-24-11-9-18/h3-7H,1,8-13H2,2H3,(H,19,22)(H,20,21). The molecule has 6 nitrogen and oxygen atoms in total. The first kappa shape index (κ1) is 18.2. The van der Waals surface area contributed by atoms with Crippen molar-refractivity contribution in [2.24, 2.45) is 0 Å². The monoisotopic (exact) mass is 332 g/mol. The fraction of sp³-hybridized carbons (Fsp3) is 0.444. The number of hydrogen-bond acceptors (Lipinski definition) is 4. The van der Waals surface area contributed by atoms with Gasteiger partial charge in [-0.15, -0.1) is 0 Å². The lowest BCUT2D eigenvalue weighted by Gasteiger charge is -2.35. The fourth-order valence-corrected chi connectivity index (χ4v) is 2.60. The van der Waals surface area contributed by atoms with Crippen LogP contribution in [0.5, 0.6) is 0 Å². The average molecular weight is 332 g/mol. The molecule has 0 saturated carbocycles. The lowest BCUT2D eigenvalue weighted by atomic mass is 9.94. The topological polar surface area (TPSA) is 76.7 Å². The lowest BCUT2D eigenvalue weighted by Crippen LogP contribution is -2.48. The second-order valence-corrected chi connectivity index (χ2v) is 5.84. The van der Waals surface area contributed by atoms with E-state index in [-0.39, 0.29) is 23.8 Å². The highest BCUT2D eigenvalue weighted by Crippen LogP contribution is 2.23. The predicted molar refractivity (Wildman–Crippen MR) is 91.8 cm³/mol. The molecule has 130 valence electrons. The van der Waals surface area contributed by atoms with Crippen molar-refractivity contribution in [2.45, 2.75) is 24.9 Å². The van der Waals surface area contributed by atoms with Gasteiger partial charge in [0.05, 0.1) is 12.0 Å². The van der Waals surface area contributed by atoms with Crippen LogP contribution in [0.25, 0.3) is 0 Å². The maximum atomic E-state index is 12.1. The van der Waals surface area contributed by atoms with Crippen LogP contribution < -0.4 is 10.6 Å². The molecule has 2 amide bonds. The first-order valence-electron chi connectivity index (χ1n) is 7.99. The van der Waals surface area contributed by atoms with Crippen molar-refractivity contribution < 1.29 is 19.1 Å². The smallest absolute Gasteiger partial charge is 0.247 e. The number of nitrogens with one attached hydrogen (secondary N) is 2. The van der Waals surface area contributed by atoms with Gasteiger partial charge in [0.1, 0.15) is 0 Å². The van der Waals surface area contributed by atoms with Gasteiger partial charge in [-0.25, -0.2) is 0 Å². The van der Waals surface area contributed by atoms with E-state index in [1.165, 1.54) is 6.08 Å². The Bertz CT molecular complexity index is 577. The summed E-state index contributed by atoms with van der Waals surface area (Å²) in [5, 5.41) is 5.61. The van der Waals surface area contributed by atoms with Crippen LogP contribution in [0.2, 0.25) is 0 Å². The van der Waals surface area contributed by atoms with Crippen molar-refractivity contribution in [3.05, 3.63) is 42.5 Å². The predicted octanol–water partition coefficient (Wildman–Crippen LogP) is 1.67. The van der Waals surface area contributed by atoms with E-state index >= 15 is 0 Å². The van der Waals surface area contributed by atoms with Crippen molar-refractivity contribution in [3.8, 4) is 0 Å². The molecule has 0 radical (unpaired) electrons. The Morgan fingerprint density at radius 3 is 2.54 bits per heavy atom. The molecule has 2 N–H and O–H groups in total. The molecule has 0 atom stereocenters. The Labute approximate surface area is 142 Å². The first-order valence-corrected chi connectivity index (χ1v) is 7.99. The van der Waals surface area contributed by atoms with Crippen LogP contribution in [0.1, 0.15) is 18.4 Å². The van der Waals surface area contributed by atoms with E-state index in [1.807, 2.05) is 12.1 Å². The molecule has 24 heavy (non-hydrogen) atoms. The number of anilines is 1. The third-order valence-electron chi connectivity index (χ3n) is 4.22. The van der Waals surface area contributed by atoms with Gasteiger partial charge >= 0.3 is 0 Å². The number of carbonyl (C=O) groups excluding carboxylic acids is 2. The third kappa shape index (κ3) is 5.18. The maximum Gasteiger partial charge on any atom is 0.247 e. The van der Waals surface area contributed by atoms with Crippen molar-refractivity contribution in [2.75, 3.05) is 32.2 Å². The Kier molecular flexibility index (Phi) is 6.52. The molecule has 0 spiro atoms. The van der Waals surface area contributed by atoms with E-state index in [1.54, 1.807) is 19.2 Å². The zero-order chi connectivity index (χ0) is 17.4. The molecule has 0 aromatic heterocycles. The van der Waals surface area contributed by atoms with Gasteiger partial charge in [-0.05, 0) is 23.8 Å². The molecule has 6 heteroatoms. The van der Waals surface area contributed by atoms with Crippen LogP contribution in [0.4, 0.5) is 5.69 Å². The number of rotatable bonds is 7. The summed E-state index contributed by atoms with van der Waals surface area (Å²) in [6.45, 7) is 5.20. The molecule has 2 rings (SSSR count). The number of ether oxygens (including phenoxy) is 2. The number of benzene rings is 1. The molecule has 1 heterocycles. The molecular weight excluding hydrogens is 308 g/mol. The SMILES string of the molecule is C=CC(=O)Nc1ccc(CC(=O)NCC2(OC)CCOCC2)cc1. The summed E-state index contributed by atoms with van der Waals surface area (Å²) < 4.78 is 10.9. The van der Waals surface area contributed by atoms with Gasteiger partial charge in [-0.2, -0.15) is 0 Å². The van der Waals surface area contributed by atoms with Crippen LogP contribution in [0.15, 0.2) is 36.9 Å². The normalized spacial score (nSPS) is 16.2. The number of methoxy groups -OCH3 is 1. The van der Waals surface area contributed by atoms with Crippen LogP contribution in [-0.4, -0.2) is 44.3 Å². The average Bonchev–Trinajstić information content (AvgIpc) is 2.62. The van der Waals surface area contributed by atoms with Crippen LogP contribution in [0.3, 0.4) is 0 Å². The summed E-state index contributed by atoms with van der Waals surface area (Å²) in [5.74, 6) is -0.317. The Balaban J connectivity index is 1.83. The minimum Gasteiger partial charge on any atom is -0.381 e. The van der Waals surface area contributed by atoms with Gasteiger partial charge in [0.25, 0.3) is 0 Å². The van der Waals surface area contributed by atoms with Gasteiger partial charge in [0, 0.05) is 45.4 Å². The van der Waals surface area contributed by atoms with Crippen LogP contribution in [0, 0.1) is 0 Å². The van der Waals surface area contributed by atoms with Gasteiger partial charge in [-0.3, -0.25) is 9.59 Å². The van der Waals surface area contributed by atoms with Gasteiger partial charge < -0.3 is 20.1 Å². The minimum atomic E-state index is -0.327. The summed E-state index contributed by atoms with van der Waals surface area (Å²) in [4.78, 5) is 23.4. The zero-order valence-electron chi connectivity index (χ0n) is 14.0. The Hall–Kier alpha value is -2.18. The van der Waals surface area contributed by atoms with E-state index in [4.69, 9.17) is 9.47 Å². The molecule has 0 aliphatic carbocycles. The minimum absolute atomic E-state index is 0.0548. The van der Waals surface area contributed by atoms with Crippen molar-refractivity contribution >= 4 is 17.5 Å². The molecule has 1 aliphatic rings. The van der Waals surface area contributed by atoms with Crippen molar-refractivity contribution in [1.82, 2.24) is 5.32 Å². The molecule has 0 unspecified atom stereocenters. The van der Waals surface area contributed by atoms with Gasteiger partial charge in [0.2, 0.25) is 11.8 Å². The summed E-state index contributed by atoms with van der Waals surface area (Å²) in [7, 11) is 1.67. The Morgan fingerprint density at radius 1 is 1.29 bits per heavy atom. The van der Waals surface area contributed by atoms with E-state index in [2.05, 4.69) is 17.2 Å². The van der Waals surface area contributed by atoms with Crippen molar-refractivity contribution in [1.29, 1.82) is 0 Å². The second kappa shape index (κ2) is 8.61. The summed E-state index contributed by atoms with van der Waals surface area (Å²) in [5.41, 5.74) is 1.22. The zero-order valence-corrected chi connectivity index (χ0v) is 14.0. The van der Waals surface area contributed by atoms with Crippen LogP contribution >= 0.6 is 0 Å². The molecule has 1 saturated heterocycles. The molecule has 1 fully saturated rings. The molecule has 1 aromatic rings. The fourth-order valence-electron chi connectivity index (χ4n) is 2.60. The third-order valence-corrected chi connectivity index (χ3v) is 4.22. The second-order valence-electron chi connectivity index (χ2n) is 5.84. The van der Waals surface area contributed by atoms with Crippen molar-refractivity contribution in [3.63, 3.8) is 0 Å². The molecular formula is C18H24N2O4. The summed E-state index contributed by atoms with van der Waals surface area (Å²) >= 11 is 0. The van der Waals surface area contributed by atoms with E-state index in [0.717, 1.165) is 18.4 Å². The highest BCUT2D eigenvalue weighted by atomic mass is 16.5. The maximum absolute atomic E-state index is 12.1. The van der Waals surface area contributed by atoms with Crippen LogP contribution in [-0.2, 0) is 25.5 Å². The highest BCUT2D eigenvalue weighted by Gasteiger charge is 2.32. The molecule has 1 aliphatic heterocycles. The first-order chi connectivity index (χ1) is 11.6. The molecule has 0 bridgehead atoms. The Morgan fingerprint density at radius 2 is 1.96 bits per heavy atom. The number of carbonyl (C=O) groups is 2. The summed E-state index contributed by atoms with van der Waals surface area (Å²) in [6.07, 6.45) is 3.05. The number of hydrogen-bond donors (Lipinski definition) is 2. The number of amides is 2. The largest absolute Gasteiger partial charge is 0.381 e. The lowest BCUT2D eigenvalue weighted by molar-refractivity contribution is -0.125. The van der Waals surface area contributed by atoms with E-state index in [9.17, 15) is 9.59 Å². The van der Waals surface area contributed by atoms with Gasteiger partial charge in [0.15, 0.2) is 0 Å². The van der Waals surface area contributed by atoms with E-state index < -0.39 is 0 Å². The van der Waals surface area contributed by atoms with Gasteiger partial charge in [-0.1, -0.05) is 18.7 Å². The highest BCUT2D eigenvalue weighted by molar-refractivity contribution is 5.98. The summed E-state index contributed by atoms with van der Waals surface area (Å²) in [6, 6.07) is 7.16.